The maximum absolute atomic E-state index is 9.30. The predicted octanol–water partition coefficient (Wildman–Crippen LogP) is 3.22. The number of rotatable bonds is 1. The van der Waals surface area contributed by atoms with E-state index in [4.69, 9.17) is 10.2 Å². The SMILES string of the molecule is CC.CC.Cc1c(C(C)O)cc(O)c(O)c1O. The van der Waals surface area contributed by atoms with E-state index in [1.165, 1.54) is 13.0 Å². The Labute approximate surface area is 103 Å². The Balaban J connectivity index is 0. The van der Waals surface area contributed by atoms with Crippen LogP contribution in [0.1, 0.15) is 51.8 Å². The van der Waals surface area contributed by atoms with Gasteiger partial charge in [-0.05, 0) is 25.5 Å². The fourth-order valence-electron chi connectivity index (χ4n) is 1.19. The molecule has 0 amide bonds. The van der Waals surface area contributed by atoms with Gasteiger partial charge in [-0.1, -0.05) is 27.7 Å². The lowest BCUT2D eigenvalue weighted by atomic mass is 10.0. The van der Waals surface area contributed by atoms with Crippen LogP contribution in [0.25, 0.3) is 0 Å². The summed E-state index contributed by atoms with van der Waals surface area (Å²) in [5.41, 5.74) is 0.762. The van der Waals surface area contributed by atoms with E-state index in [9.17, 15) is 10.2 Å². The fraction of sp³-hybridized carbons (Fsp3) is 0.538. The zero-order chi connectivity index (χ0) is 14.2. The largest absolute Gasteiger partial charge is 0.504 e. The molecular weight excluding hydrogens is 220 g/mol. The van der Waals surface area contributed by atoms with E-state index in [-0.39, 0.29) is 0 Å². The van der Waals surface area contributed by atoms with Gasteiger partial charge in [-0.2, -0.15) is 0 Å². The van der Waals surface area contributed by atoms with E-state index < -0.39 is 23.4 Å². The van der Waals surface area contributed by atoms with Crippen molar-refractivity contribution in [3.05, 3.63) is 17.2 Å². The van der Waals surface area contributed by atoms with E-state index in [0.717, 1.165) is 0 Å². The van der Waals surface area contributed by atoms with Crippen LogP contribution in [0.4, 0.5) is 0 Å². The molecule has 4 nitrogen and oxygen atoms in total. The molecule has 0 fully saturated rings. The first-order valence-electron chi connectivity index (χ1n) is 5.87. The molecule has 1 aromatic carbocycles. The fourth-order valence-corrected chi connectivity index (χ4v) is 1.19. The Bertz CT molecular complexity index is 333. The highest BCUT2D eigenvalue weighted by Crippen LogP contribution is 2.40. The quantitative estimate of drug-likeness (QED) is 0.572. The van der Waals surface area contributed by atoms with Crippen molar-refractivity contribution in [1.82, 2.24) is 0 Å². The molecule has 0 aliphatic rings. The summed E-state index contributed by atoms with van der Waals surface area (Å²) < 4.78 is 0. The Morgan fingerprint density at radius 2 is 1.35 bits per heavy atom. The lowest BCUT2D eigenvalue weighted by molar-refractivity contribution is 0.197. The molecule has 1 atom stereocenters. The van der Waals surface area contributed by atoms with Gasteiger partial charge in [-0.3, -0.25) is 0 Å². The van der Waals surface area contributed by atoms with E-state index in [0.29, 0.717) is 11.1 Å². The van der Waals surface area contributed by atoms with Gasteiger partial charge >= 0.3 is 0 Å². The second-order valence-corrected chi connectivity index (χ2v) is 2.98. The summed E-state index contributed by atoms with van der Waals surface area (Å²) >= 11 is 0. The van der Waals surface area contributed by atoms with Gasteiger partial charge in [0.2, 0.25) is 5.75 Å². The van der Waals surface area contributed by atoms with Gasteiger partial charge < -0.3 is 20.4 Å². The summed E-state index contributed by atoms with van der Waals surface area (Å²) in [6.45, 7) is 11.1. The zero-order valence-electron chi connectivity index (χ0n) is 11.4. The van der Waals surface area contributed by atoms with Gasteiger partial charge in [0, 0.05) is 5.56 Å². The predicted molar refractivity (Wildman–Crippen MR) is 69.5 cm³/mol. The van der Waals surface area contributed by atoms with Crippen LogP contribution in [0.15, 0.2) is 6.07 Å². The van der Waals surface area contributed by atoms with E-state index in [2.05, 4.69) is 0 Å². The van der Waals surface area contributed by atoms with Crippen LogP contribution >= 0.6 is 0 Å². The molecule has 0 heterocycles. The summed E-state index contributed by atoms with van der Waals surface area (Å²) in [7, 11) is 0. The minimum atomic E-state index is -0.794. The van der Waals surface area contributed by atoms with Crippen molar-refractivity contribution in [3.63, 3.8) is 0 Å². The molecule has 1 rings (SSSR count). The lowest BCUT2D eigenvalue weighted by Crippen LogP contribution is -1.95. The first-order chi connectivity index (χ1) is 7.95. The number of aliphatic hydroxyl groups is 1. The van der Waals surface area contributed by atoms with Crippen LogP contribution < -0.4 is 0 Å². The first kappa shape index (κ1) is 18.0. The normalized spacial score (nSPS) is 10.5. The van der Waals surface area contributed by atoms with Gasteiger partial charge in [-0.25, -0.2) is 0 Å². The summed E-state index contributed by atoms with van der Waals surface area (Å²) in [5, 5.41) is 36.8. The molecule has 0 saturated heterocycles. The van der Waals surface area contributed by atoms with Gasteiger partial charge in [0.05, 0.1) is 6.10 Å². The number of phenolic OH excluding ortho intramolecular Hbond substituents is 3. The van der Waals surface area contributed by atoms with Gasteiger partial charge in [0.1, 0.15) is 0 Å². The van der Waals surface area contributed by atoms with Gasteiger partial charge in [-0.15, -0.1) is 0 Å². The molecule has 4 N–H and O–H groups in total. The molecule has 0 aromatic heterocycles. The maximum Gasteiger partial charge on any atom is 0.200 e. The minimum absolute atomic E-state index is 0.366. The van der Waals surface area contributed by atoms with Crippen molar-refractivity contribution >= 4 is 0 Å². The number of hydrogen-bond donors (Lipinski definition) is 4. The smallest absolute Gasteiger partial charge is 0.200 e. The Kier molecular flexibility index (Phi) is 9.19. The molecule has 0 radical (unpaired) electrons. The van der Waals surface area contributed by atoms with Crippen LogP contribution in [-0.2, 0) is 0 Å². The molecule has 100 valence electrons. The third kappa shape index (κ3) is 4.53. The number of hydrogen-bond acceptors (Lipinski definition) is 4. The third-order valence-electron chi connectivity index (χ3n) is 2.00. The Hall–Kier alpha value is -1.42. The summed E-state index contributed by atoms with van der Waals surface area (Å²) in [6.07, 6.45) is -0.794. The van der Waals surface area contributed by atoms with E-state index in [1.807, 2.05) is 27.7 Å². The van der Waals surface area contributed by atoms with Gasteiger partial charge in [0.25, 0.3) is 0 Å². The zero-order valence-corrected chi connectivity index (χ0v) is 11.4. The van der Waals surface area contributed by atoms with Crippen molar-refractivity contribution < 1.29 is 20.4 Å². The molecule has 0 bridgehead atoms. The number of phenols is 3. The molecule has 17 heavy (non-hydrogen) atoms. The molecular formula is C13H24O4. The summed E-state index contributed by atoms with van der Waals surface area (Å²) in [5.74, 6) is -1.38. The first-order valence-corrected chi connectivity index (χ1v) is 5.87. The third-order valence-corrected chi connectivity index (χ3v) is 2.00. The van der Waals surface area contributed by atoms with Crippen LogP contribution in [0.2, 0.25) is 0 Å². The van der Waals surface area contributed by atoms with Crippen molar-refractivity contribution in [2.24, 2.45) is 0 Å². The van der Waals surface area contributed by atoms with Crippen LogP contribution in [0, 0.1) is 6.92 Å². The second kappa shape index (κ2) is 8.70. The highest BCUT2D eigenvalue weighted by Gasteiger charge is 2.15. The molecule has 0 aliphatic heterocycles. The van der Waals surface area contributed by atoms with Crippen molar-refractivity contribution in [2.75, 3.05) is 0 Å². The Morgan fingerprint density at radius 3 is 1.71 bits per heavy atom. The number of aromatic hydroxyl groups is 3. The van der Waals surface area contributed by atoms with E-state index in [1.54, 1.807) is 6.92 Å². The van der Waals surface area contributed by atoms with Crippen LogP contribution in [-0.4, -0.2) is 20.4 Å². The second-order valence-electron chi connectivity index (χ2n) is 2.98. The van der Waals surface area contributed by atoms with Crippen molar-refractivity contribution in [1.29, 1.82) is 0 Å². The highest BCUT2D eigenvalue weighted by molar-refractivity contribution is 5.56. The molecule has 1 aromatic rings. The monoisotopic (exact) mass is 244 g/mol. The van der Waals surface area contributed by atoms with Gasteiger partial charge in [0.15, 0.2) is 11.5 Å². The van der Waals surface area contributed by atoms with Crippen molar-refractivity contribution in [2.45, 2.75) is 47.6 Å². The molecule has 0 aliphatic carbocycles. The average molecular weight is 244 g/mol. The molecule has 0 saturated carbocycles. The molecule has 1 unspecified atom stereocenters. The lowest BCUT2D eigenvalue weighted by Gasteiger charge is -2.12. The summed E-state index contributed by atoms with van der Waals surface area (Å²) in [6, 6.07) is 1.23. The van der Waals surface area contributed by atoms with Crippen molar-refractivity contribution in [3.8, 4) is 17.2 Å². The number of aliphatic hydroxyl groups excluding tert-OH is 1. The summed E-state index contributed by atoms with van der Waals surface area (Å²) in [4.78, 5) is 0. The Morgan fingerprint density at radius 1 is 0.941 bits per heavy atom. The highest BCUT2D eigenvalue weighted by atomic mass is 16.3. The molecule has 0 spiro atoms. The number of benzene rings is 1. The standard InChI is InChI=1S/C9H12O4.2C2H6/c1-4-6(5(2)10)3-7(11)9(13)8(4)12;2*1-2/h3,5,10-13H,1-2H3;2*1-2H3. The molecule has 4 heteroatoms. The topological polar surface area (TPSA) is 80.9 Å². The van der Waals surface area contributed by atoms with Crippen LogP contribution in [0.3, 0.4) is 0 Å². The van der Waals surface area contributed by atoms with E-state index >= 15 is 0 Å². The average Bonchev–Trinajstić information content (AvgIpc) is 2.35. The van der Waals surface area contributed by atoms with Crippen LogP contribution in [0.5, 0.6) is 17.2 Å². The minimum Gasteiger partial charge on any atom is -0.504 e. The maximum atomic E-state index is 9.30.